The van der Waals surface area contributed by atoms with Crippen molar-refractivity contribution in [2.24, 2.45) is 0 Å². The van der Waals surface area contributed by atoms with Gasteiger partial charge in [-0.3, -0.25) is 9.36 Å². The van der Waals surface area contributed by atoms with Crippen LogP contribution in [0.1, 0.15) is 12.5 Å². The molecule has 3 aromatic rings. The third kappa shape index (κ3) is 2.56. The number of rotatable bonds is 4. The molecule has 0 aliphatic heterocycles. The van der Waals surface area contributed by atoms with Crippen molar-refractivity contribution >= 4 is 5.69 Å². The van der Waals surface area contributed by atoms with Gasteiger partial charge >= 0.3 is 0 Å². The summed E-state index contributed by atoms with van der Waals surface area (Å²) in [7, 11) is 0. The van der Waals surface area contributed by atoms with Gasteiger partial charge in [-0.2, -0.15) is 10.2 Å². The number of nitrogens with zero attached hydrogens (tertiary/aromatic N) is 4. The molecule has 2 aromatic heterocycles. The minimum absolute atomic E-state index is 0.731. The Hall–Kier alpha value is -2.56. The summed E-state index contributed by atoms with van der Waals surface area (Å²) < 4.78 is 3.84. The van der Waals surface area contributed by atoms with Crippen molar-refractivity contribution in [1.82, 2.24) is 19.6 Å². The summed E-state index contributed by atoms with van der Waals surface area (Å²) in [5.74, 6) is 0. The van der Waals surface area contributed by atoms with E-state index in [-0.39, 0.29) is 0 Å². The lowest BCUT2D eigenvalue weighted by molar-refractivity contribution is 0.654. The van der Waals surface area contributed by atoms with E-state index in [0.29, 0.717) is 0 Å². The smallest absolute Gasteiger partial charge is 0.0690 e. The lowest BCUT2D eigenvalue weighted by Crippen LogP contribution is -1.99. The Bertz CT molecular complexity index is 693. The Kier molecular flexibility index (Phi) is 3.25. The average Bonchev–Trinajstić information content (AvgIpc) is 3.09. The van der Waals surface area contributed by atoms with Gasteiger partial charge in [0.15, 0.2) is 0 Å². The molecule has 5 nitrogen and oxygen atoms in total. The van der Waals surface area contributed by atoms with E-state index in [1.807, 2.05) is 58.4 Å². The van der Waals surface area contributed by atoms with Crippen molar-refractivity contribution in [2.45, 2.75) is 20.0 Å². The van der Waals surface area contributed by atoms with Gasteiger partial charge in [0.05, 0.1) is 18.9 Å². The van der Waals surface area contributed by atoms with Gasteiger partial charge in [0.1, 0.15) is 0 Å². The minimum Gasteiger partial charge on any atom is -0.399 e. The molecule has 102 valence electrons. The van der Waals surface area contributed by atoms with Gasteiger partial charge in [0.25, 0.3) is 0 Å². The van der Waals surface area contributed by atoms with Crippen LogP contribution in [-0.2, 0) is 13.1 Å². The van der Waals surface area contributed by atoms with Crippen molar-refractivity contribution in [3.63, 3.8) is 0 Å². The molecule has 1 aromatic carbocycles. The van der Waals surface area contributed by atoms with Crippen LogP contribution in [0.4, 0.5) is 5.69 Å². The monoisotopic (exact) mass is 267 g/mol. The number of hydrogen-bond acceptors (Lipinski definition) is 3. The third-order valence-electron chi connectivity index (χ3n) is 3.23. The van der Waals surface area contributed by atoms with Crippen molar-refractivity contribution in [2.75, 3.05) is 5.73 Å². The summed E-state index contributed by atoms with van der Waals surface area (Å²) in [4.78, 5) is 0. The highest BCUT2D eigenvalue weighted by atomic mass is 15.3. The van der Waals surface area contributed by atoms with Crippen LogP contribution in [0.15, 0.2) is 49.1 Å². The molecule has 3 rings (SSSR count). The molecule has 0 saturated carbocycles. The maximum Gasteiger partial charge on any atom is 0.0690 e. The van der Waals surface area contributed by atoms with E-state index in [4.69, 9.17) is 5.73 Å². The fourth-order valence-corrected chi connectivity index (χ4v) is 2.12. The van der Waals surface area contributed by atoms with E-state index in [1.165, 1.54) is 0 Å². The van der Waals surface area contributed by atoms with Gasteiger partial charge in [-0.1, -0.05) is 12.1 Å². The zero-order chi connectivity index (χ0) is 13.9. The maximum absolute atomic E-state index is 5.70. The molecule has 0 spiro atoms. The number of aryl methyl sites for hydroxylation is 1. The molecule has 2 N–H and O–H groups in total. The van der Waals surface area contributed by atoms with Crippen LogP contribution >= 0.6 is 0 Å². The molecular weight excluding hydrogens is 250 g/mol. The largest absolute Gasteiger partial charge is 0.399 e. The topological polar surface area (TPSA) is 61.7 Å². The Morgan fingerprint density at radius 3 is 2.40 bits per heavy atom. The average molecular weight is 267 g/mol. The van der Waals surface area contributed by atoms with Crippen LogP contribution in [0, 0.1) is 0 Å². The molecule has 0 unspecified atom stereocenters. The second-order valence-corrected chi connectivity index (χ2v) is 4.75. The van der Waals surface area contributed by atoms with Gasteiger partial charge < -0.3 is 5.73 Å². The standard InChI is InChI=1S/C15H17N5/c1-2-19-9-12(7-17-19)10-20-11-14(8-18-20)13-3-5-15(16)6-4-13/h3-9,11H,2,10,16H2,1H3. The zero-order valence-corrected chi connectivity index (χ0v) is 11.4. The molecule has 0 bridgehead atoms. The molecular formula is C15H17N5. The summed E-state index contributed by atoms with van der Waals surface area (Å²) >= 11 is 0. The molecule has 0 fully saturated rings. The highest BCUT2D eigenvalue weighted by Gasteiger charge is 2.04. The number of anilines is 1. The van der Waals surface area contributed by atoms with Gasteiger partial charge in [-0.05, 0) is 24.6 Å². The van der Waals surface area contributed by atoms with Crippen LogP contribution in [0.5, 0.6) is 0 Å². The predicted octanol–water partition coefficient (Wildman–Crippen LogP) is 2.40. The first-order chi connectivity index (χ1) is 9.74. The summed E-state index contributed by atoms with van der Waals surface area (Å²) in [6.45, 7) is 3.69. The summed E-state index contributed by atoms with van der Waals surface area (Å²) in [5, 5.41) is 8.66. The van der Waals surface area contributed by atoms with E-state index in [1.54, 1.807) is 0 Å². The number of nitrogens with two attached hydrogens (primary N) is 1. The highest BCUT2D eigenvalue weighted by Crippen LogP contribution is 2.20. The van der Waals surface area contributed by atoms with Crippen LogP contribution < -0.4 is 5.73 Å². The Morgan fingerprint density at radius 1 is 0.950 bits per heavy atom. The first kappa shape index (κ1) is 12.5. The number of aromatic nitrogens is 4. The van der Waals surface area contributed by atoms with Gasteiger partial charge in [-0.15, -0.1) is 0 Å². The third-order valence-corrected chi connectivity index (χ3v) is 3.23. The first-order valence-electron chi connectivity index (χ1n) is 6.64. The Morgan fingerprint density at radius 2 is 1.70 bits per heavy atom. The molecule has 0 radical (unpaired) electrons. The van der Waals surface area contributed by atoms with Crippen molar-refractivity contribution in [3.05, 3.63) is 54.6 Å². The minimum atomic E-state index is 0.731. The molecule has 5 heteroatoms. The molecule has 20 heavy (non-hydrogen) atoms. The Labute approximate surface area is 117 Å². The fourth-order valence-electron chi connectivity index (χ4n) is 2.12. The van der Waals surface area contributed by atoms with Crippen LogP contribution in [0.25, 0.3) is 11.1 Å². The second kappa shape index (κ2) is 5.21. The lowest BCUT2D eigenvalue weighted by Gasteiger charge is -1.99. The molecule has 0 aliphatic carbocycles. The molecule has 2 heterocycles. The summed E-state index contributed by atoms with van der Waals surface area (Å²) in [6, 6.07) is 7.81. The lowest BCUT2D eigenvalue weighted by atomic mass is 10.1. The quantitative estimate of drug-likeness (QED) is 0.738. The van der Waals surface area contributed by atoms with E-state index in [0.717, 1.165) is 35.5 Å². The van der Waals surface area contributed by atoms with E-state index in [9.17, 15) is 0 Å². The maximum atomic E-state index is 5.70. The normalized spacial score (nSPS) is 10.8. The number of nitrogen functional groups attached to an aromatic ring is 1. The summed E-state index contributed by atoms with van der Waals surface area (Å²) in [6.07, 6.45) is 7.84. The molecule has 0 atom stereocenters. The first-order valence-corrected chi connectivity index (χ1v) is 6.64. The summed E-state index contributed by atoms with van der Waals surface area (Å²) in [5.41, 5.74) is 9.83. The molecule has 0 amide bonds. The second-order valence-electron chi connectivity index (χ2n) is 4.75. The van der Waals surface area contributed by atoms with Gasteiger partial charge in [-0.25, -0.2) is 0 Å². The van der Waals surface area contributed by atoms with E-state index in [2.05, 4.69) is 17.1 Å². The fraction of sp³-hybridized carbons (Fsp3) is 0.200. The van der Waals surface area contributed by atoms with Crippen molar-refractivity contribution in [3.8, 4) is 11.1 Å². The zero-order valence-electron chi connectivity index (χ0n) is 11.4. The Balaban J connectivity index is 1.78. The van der Waals surface area contributed by atoms with E-state index >= 15 is 0 Å². The van der Waals surface area contributed by atoms with Gasteiger partial charge in [0, 0.05) is 35.8 Å². The SMILES string of the molecule is CCn1cc(Cn2cc(-c3ccc(N)cc3)cn2)cn1. The van der Waals surface area contributed by atoms with Crippen LogP contribution in [0.3, 0.4) is 0 Å². The van der Waals surface area contributed by atoms with Crippen LogP contribution in [0.2, 0.25) is 0 Å². The molecule has 0 aliphatic rings. The van der Waals surface area contributed by atoms with Gasteiger partial charge in [0.2, 0.25) is 0 Å². The highest BCUT2D eigenvalue weighted by molar-refractivity contribution is 5.63. The predicted molar refractivity (Wildman–Crippen MR) is 79.1 cm³/mol. The van der Waals surface area contributed by atoms with E-state index < -0.39 is 0 Å². The molecule has 0 saturated heterocycles. The van der Waals surface area contributed by atoms with Crippen molar-refractivity contribution in [1.29, 1.82) is 0 Å². The van der Waals surface area contributed by atoms with Crippen molar-refractivity contribution < 1.29 is 0 Å². The number of hydrogen-bond donors (Lipinski definition) is 1. The number of benzene rings is 1. The van der Waals surface area contributed by atoms with Crippen LogP contribution in [-0.4, -0.2) is 19.6 Å².